The van der Waals surface area contributed by atoms with Gasteiger partial charge in [0.05, 0.1) is 0 Å². The summed E-state index contributed by atoms with van der Waals surface area (Å²) in [6.07, 6.45) is 0. The van der Waals surface area contributed by atoms with Crippen LogP contribution in [0.15, 0.2) is 185 Å². The van der Waals surface area contributed by atoms with E-state index in [2.05, 4.69) is 157 Å². The number of furan rings is 2. The summed E-state index contributed by atoms with van der Waals surface area (Å²) >= 11 is 0. The Morgan fingerprint density at radius 3 is 1.67 bits per heavy atom. The monoisotopic (exact) mass is 627 g/mol. The van der Waals surface area contributed by atoms with Gasteiger partial charge in [-0.25, -0.2) is 0 Å². The molecule has 49 heavy (non-hydrogen) atoms. The molecule has 3 nitrogen and oxygen atoms in total. The summed E-state index contributed by atoms with van der Waals surface area (Å²) < 4.78 is 12.7. The highest BCUT2D eigenvalue weighted by Gasteiger charge is 2.18. The van der Waals surface area contributed by atoms with Gasteiger partial charge in [0.1, 0.15) is 22.3 Å². The third-order valence-corrected chi connectivity index (χ3v) is 9.66. The maximum atomic E-state index is 6.37. The normalized spacial score (nSPS) is 11.7. The van der Waals surface area contributed by atoms with Crippen molar-refractivity contribution >= 4 is 71.7 Å². The Morgan fingerprint density at radius 1 is 0.306 bits per heavy atom. The average molecular weight is 628 g/mol. The molecule has 2 heterocycles. The fraction of sp³-hybridized carbons (Fsp3) is 0. The summed E-state index contributed by atoms with van der Waals surface area (Å²) in [4.78, 5) is 2.28. The van der Waals surface area contributed by atoms with Crippen molar-refractivity contribution in [3.8, 4) is 22.3 Å². The lowest BCUT2D eigenvalue weighted by atomic mass is 9.92. The van der Waals surface area contributed by atoms with Crippen LogP contribution in [0.4, 0.5) is 17.1 Å². The Labute approximate surface area is 282 Å². The molecule has 0 spiro atoms. The fourth-order valence-corrected chi connectivity index (χ4v) is 7.35. The van der Waals surface area contributed by atoms with Crippen molar-refractivity contribution in [2.45, 2.75) is 0 Å². The van der Waals surface area contributed by atoms with E-state index in [1.807, 2.05) is 24.3 Å². The van der Waals surface area contributed by atoms with Crippen molar-refractivity contribution in [3.05, 3.63) is 176 Å². The number of benzene rings is 8. The summed E-state index contributed by atoms with van der Waals surface area (Å²) in [5.74, 6) is 0. The molecule has 0 atom stereocenters. The summed E-state index contributed by atoms with van der Waals surface area (Å²) in [6, 6.07) is 62.0. The third kappa shape index (κ3) is 4.51. The van der Waals surface area contributed by atoms with E-state index in [-0.39, 0.29) is 0 Å². The Bertz CT molecular complexity index is 2810. The van der Waals surface area contributed by atoms with Crippen molar-refractivity contribution in [2.75, 3.05) is 4.90 Å². The molecule has 3 heteroatoms. The molecule has 0 amide bonds. The standard InChI is InChI=1S/C46H29NO2/c1-3-11-31(12-4-1)40-29-45-46(39-16-8-10-18-43(39)49-45)38-25-21-32(27-41(38)40)30-19-22-34(23-20-30)47(33-13-5-2-6-14-33)35-24-26-37-36-15-7-9-17-42(36)48-44(37)28-35/h1-29H. The van der Waals surface area contributed by atoms with E-state index in [1.54, 1.807) is 0 Å². The minimum Gasteiger partial charge on any atom is -0.456 e. The van der Waals surface area contributed by atoms with Crippen LogP contribution in [-0.4, -0.2) is 0 Å². The zero-order valence-electron chi connectivity index (χ0n) is 26.5. The zero-order chi connectivity index (χ0) is 32.3. The van der Waals surface area contributed by atoms with Gasteiger partial charge in [-0.3, -0.25) is 0 Å². The summed E-state index contributed by atoms with van der Waals surface area (Å²) in [5.41, 5.74) is 11.4. The third-order valence-electron chi connectivity index (χ3n) is 9.66. The Kier molecular flexibility index (Phi) is 6.18. The van der Waals surface area contributed by atoms with Gasteiger partial charge in [-0.15, -0.1) is 0 Å². The molecular formula is C46H29NO2. The molecule has 0 bridgehead atoms. The molecule has 2 aromatic heterocycles. The van der Waals surface area contributed by atoms with Crippen LogP contribution >= 0.6 is 0 Å². The summed E-state index contributed by atoms with van der Waals surface area (Å²) in [7, 11) is 0. The summed E-state index contributed by atoms with van der Waals surface area (Å²) in [6.45, 7) is 0. The van der Waals surface area contributed by atoms with Crippen LogP contribution in [-0.2, 0) is 0 Å². The molecule has 0 unspecified atom stereocenters. The van der Waals surface area contributed by atoms with Crippen molar-refractivity contribution in [3.63, 3.8) is 0 Å². The first-order chi connectivity index (χ1) is 24.3. The fourth-order valence-electron chi connectivity index (χ4n) is 7.35. The molecule has 0 aliphatic heterocycles. The number of para-hydroxylation sites is 3. The first-order valence-electron chi connectivity index (χ1n) is 16.6. The van der Waals surface area contributed by atoms with Crippen molar-refractivity contribution in [1.29, 1.82) is 0 Å². The molecule has 0 saturated carbocycles. The van der Waals surface area contributed by atoms with E-state index in [1.165, 1.54) is 21.9 Å². The minimum absolute atomic E-state index is 0.876. The van der Waals surface area contributed by atoms with Crippen molar-refractivity contribution < 1.29 is 8.83 Å². The topological polar surface area (TPSA) is 29.5 Å². The van der Waals surface area contributed by atoms with Crippen LogP contribution in [0.2, 0.25) is 0 Å². The van der Waals surface area contributed by atoms with Gasteiger partial charge in [-0.05, 0) is 93.7 Å². The SMILES string of the molecule is c1ccc(-c2cc3oc4ccccc4c3c3ccc(-c4ccc(N(c5ccccc5)c5ccc6c(c5)oc5ccccc56)cc4)cc23)cc1. The lowest BCUT2D eigenvalue weighted by molar-refractivity contribution is 0.668. The largest absolute Gasteiger partial charge is 0.456 e. The van der Waals surface area contributed by atoms with Gasteiger partial charge in [-0.1, -0.05) is 109 Å². The van der Waals surface area contributed by atoms with E-state index in [0.717, 1.165) is 72.1 Å². The average Bonchev–Trinajstić information content (AvgIpc) is 3.73. The summed E-state index contributed by atoms with van der Waals surface area (Å²) in [5, 5.41) is 6.95. The van der Waals surface area contributed by atoms with Gasteiger partial charge < -0.3 is 13.7 Å². The van der Waals surface area contributed by atoms with Crippen LogP contribution in [0, 0.1) is 0 Å². The predicted octanol–water partition coefficient (Wildman–Crippen LogP) is 13.4. The lowest BCUT2D eigenvalue weighted by Gasteiger charge is -2.25. The highest BCUT2D eigenvalue weighted by atomic mass is 16.3. The second kappa shape index (κ2) is 11.0. The molecule has 0 fully saturated rings. The smallest absolute Gasteiger partial charge is 0.137 e. The number of anilines is 3. The van der Waals surface area contributed by atoms with Crippen LogP contribution in [0.25, 0.3) is 76.9 Å². The minimum atomic E-state index is 0.876. The number of fused-ring (bicyclic) bond motifs is 8. The number of hydrogen-bond donors (Lipinski definition) is 0. The second-order valence-corrected chi connectivity index (χ2v) is 12.5. The molecule has 0 radical (unpaired) electrons. The first kappa shape index (κ1) is 27.5. The second-order valence-electron chi connectivity index (χ2n) is 12.5. The number of nitrogens with zero attached hydrogens (tertiary/aromatic N) is 1. The maximum Gasteiger partial charge on any atom is 0.137 e. The highest BCUT2D eigenvalue weighted by molar-refractivity contribution is 6.22. The molecule has 230 valence electrons. The van der Waals surface area contributed by atoms with Crippen molar-refractivity contribution in [2.24, 2.45) is 0 Å². The van der Waals surface area contributed by atoms with Gasteiger partial charge >= 0.3 is 0 Å². The lowest BCUT2D eigenvalue weighted by Crippen LogP contribution is -2.09. The molecule has 0 N–H and O–H groups in total. The molecule has 10 aromatic rings. The van der Waals surface area contributed by atoms with Crippen molar-refractivity contribution in [1.82, 2.24) is 0 Å². The quantitative estimate of drug-likeness (QED) is 0.190. The first-order valence-corrected chi connectivity index (χ1v) is 16.6. The number of rotatable bonds is 5. The van der Waals surface area contributed by atoms with Crippen LogP contribution in [0.1, 0.15) is 0 Å². The van der Waals surface area contributed by atoms with Gasteiger partial charge in [0, 0.05) is 44.7 Å². The Morgan fingerprint density at radius 2 is 0.878 bits per heavy atom. The van der Waals surface area contributed by atoms with Crippen LogP contribution in [0.3, 0.4) is 0 Å². The Hall–Kier alpha value is -6.58. The highest BCUT2D eigenvalue weighted by Crippen LogP contribution is 2.43. The zero-order valence-corrected chi connectivity index (χ0v) is 26.5. The van der Waals surface area contributed by atoms with Gasteiger partial charge in [-0.2, -0.15) is 0 Å². The molecular weight excluding hydrogens is 599 g/mol. The van der Waals surface area contributed by atoms with Crippen LogP contribution < -0.4 is 4.90 Å². The molecule has 0 saturated heterocycles. The molecule has 0 aliphatic rings. The van der Waals surface area contributed by atoms with Gasteiger partial charge in [0.15, 0.2) is 0 Å². The van der Waals surface area contributed by atoms with E-state index >= 15 is 0 Å². The van der Waals surface area contributed by atoms with E-state index < -0.39 is 0 Å². The molecule has 8 aromatic carbocycles. The van der Waals surface area contributed by atoms with E-state index in [0.29, 0.717) is 0 Å². The van der Waals surface area contributed by atoms with Crippen LogP contribution in [0.5, 0.6) is 0 Å². The van der Waals surface area contributed by atoms with Gasteiger partial charge in [0.25, 0.3) is 0 Å². The predicted molar refractivity (Wildman–Crippen MR) is 204 cm³/mol. The maximum absolute atomic E-state index is 6.37. The molecule has 0 aliphatic carbocycles. The number of hydrogen-bond acceptors (Lipinski definition) is 3. The van der Waals surface area contributed by atoms with E-state index in [9.17, 15) is 0 Å². The van der Waals surface area contributed by atoms with E-state index in [4.69, 9.17) is 8.83 Å². The molecule has 10 rings (SSSR count). The van der Waals surface area contributed by atoms with Gasteiger partial charge in [0.2, 0.25) is 0 Å². The Balaban J connectivity index is 1.10.